The number of hydrogen-bond acceptors (Lipinski definition) is 14. The van der Waals surface area contributed by atoms with Gasteiger partial charge in [-0.2, -0.15) is 8.61 Å². The number of nitrogens with zero attached hydrogens (tertiary/aromatic N) is 6. The van der Waals surface area contributed by atoms with Crippen LogP contribution in [0, 0.1) is 11.6 Å². The van der Waals surface area contributed by atoms with E-state index in [9.17, 15) is 25.6 Å². The highest BCUT2D eigenvalue weighted by atomic mass is 35.5. The molecule has 0 amide bonds. The molecule has 0 unspecified atom stereocenters. The number of piperazine rings is 2. The zero-order valence-electron chi connectivity index (χ0n) is 34.8. The van der Waals surface area contributed by atoms with Crippen molar-refractivity contribution in [3.8, 4) is 45.5 Å². The molecule has 0 bridgehead atoms. The number of rotatable bonds is 12. The van der Waals surface area contributed by atoms with E-state index in [1.165, 1.54) is 96.1 Å². The second kappa shape index (κ2) is 20.2. The Kier molecular flexibility index (Phi) is 14.9. The van der Waals surface area contributed by atoms with E-state index in [-0.39, 0.29) is 26.3 Å². The summed E-state index contributed by atoms with van der Waals surface area (Å²) in [5, 5.41) is 5.56. The summed E-state index contributed by atoms with van der Waals surface area (Å²) < 4.78 is 104. The van der Waals surface area contributed by atoms with Gasteiger partial charge in [0.05, 0.1) is 44.8 Å². The molecule has 0 spiro atoms. The fourth-order valence-corrected chi connectivity index (χ4v) is 12.2. The number of halogens is 4. The number of ether oxygens (including phenoxy) is 4. The number of thiazole rings is 2. The van der Waals surface area contributed by atoms with Crippen molar-refractivity contribution in [1.82, 2.24) is 18.6 Å². The Balaban J connectivity index is 0.000000191. The van der Waals surface area contributed by atoms with Crippen molar-refractivity contribution in [1.29, 1.82) is 0 Å². The van der Waals surface area contributed by atoms with Crippen LogP contribution in [0.1, 0.15) is 0 Å². The summed E-state index contributed by atoms with van der Waals surface area (Å²) in [5.41, 5.74) is 2.52. The summed E-state index contributed by atoms with van der Waals surface area (Å²) in [6.07, 6.45) is 0. The van der Waals surface area contributed by atoms with E-state index in [0.717, 1.165) is 10.3 Å². The second-order valence-corrected chi connectivity index (χ2v) is 20.5. The van der Waals surface area contributed by atoms with Crippen LogP contribution in [0.15, 0.2) is 93.3 Å². The van der Waals surface area contributed by atoms with Gasteiger partial charge in [-0.1, -0.05) is 29.3 Å². The second-order valence-electron chi connectivity index (χ2n) is 14.1. The lowest BCUT2D eigenvalue weighted by molar-refractivity contribution is 0.370. The van der Waals surface area contributed by atoms with Crippen molar-refractivity contribution in [2.24, 2.45) is 0 Å². The highest BCUT2D eigenvalue weighted by Gasteiger charge is 2.34. The van der Waals surface area contributed by atoms with Crippen molar-refractivity contribution in [3.05, 3.63) is 105 Å². The maximum absolute atomic E-state index is 13.8. The predicted octanol–water partition coefficient (Wildman–Crippen LogP) is 8.26. The smallest absolute Gasteiger partial charge is 0.247 e. The molecule has 2 fully saturated rings. The fourth-order valence-electron chi connectivity index (χ4n) is 6.93. The summed E-state index contributed by atoms with van der Waals surface area (Å²) in [6.45, 7) is 3.10. The minimum Gasteiger partial charge on any atom is -0.497 e. The summed E-state index contributed by atoms with van der Waals surface area (Å²) in [6, 6.07) is 18.3. The lowest BCUT2D eigenvalue weighted by atomic mass is 10.2. The van der Waals surface area contributed by atoms with Gasteiger partial charge in [-0.3, -0.25) is 0 Å². The van der Waals surface area contributed by atoms with Crippen molar-refractivity contribution in [3.63, 3.8) is 0 Å². The Morgan fingerprint density at radius 2 is 1.03 bits per heavy atom. The van der Waals surface area contributed by atoms with Gasteiger partial charge in [-0.25, -0.2) is 35.6 Å². The van der Waals surface area contributed by atoms with E-state index < -0.39 is 31.7 Å². The number of benzene rings is 4. The first-order chi connectivity index (χ1) is 30.6. The molecule has 8 rings (SSSR count). The minimum absolute atomic E-state index is 0.0641. The maximum atomic E-state index is 13.8. The van der Waals surface area contributed by atoms with Gasteiger partial charge in [0.1, 0.15) is 44.4 Å². The summed E-state index contributed by atoms with van der Waals surface area (Å²) >= 11 is 14.6. The van der Waals surface area contributed by atoms with Crippen molar-refractivity contribution in [2.45, 2.75) is 9.79 Å². The molecule has 0 aliphatic carbocycles. The lowest BCUT2D eigenvalue weighted by Gasteiger charge is -2.34. The SMILES string of the molecule is COc1ccc(OC)c(S(=O)(=O)N2CCN(c3nc(-c4cc(F)cc(Cl)c4)cs3)CC2)c1.COc1ccc(OC)c(S(=O)(=O)N2CCN(c3nc(-c4ccc(Cl)c(F)c4)cs3)CC2)c1. The number of sulfonamides is 2. The average molecular weight is 996 g/mol. The third kappa shape index (κ3) is 10.3. The van der Waals surface area contributed by atoms with Crippen molar-refractivity contribution in [2.75, 3.05) is 90.6 Å². The Morgan fingerprint density at radius 3 is 1.45 bits per heavy atom. The molecule has 0 atom stereocenters. The monoisotopic (exact) mass is 994 g/mol. The molecule has 2 aromatic heterocycles. The molecule has 2 aliphatic heterocycles. The highest BCUT2D eigenvalue weighted by Crippen LogP contribution is 2.36. The van der Waals surface area contributed by atoms with Gasteiger partial charge < -0.3 is 28.7 Å². The topological polar surface area (TPSA) is 144 Å². The number of anilines is 2. The largest absolute Gasteiger partial charge is 0.497 e. The Hall–Kier alpha value is -4.80. The molecule has 6 aromatic rings. The van der Waals surface area contributed by atoms with Crippen LogP contribution in [0.25, 0.3) is 22.5 Å². The summed E-state index contributed by atoms with van der Waals surface area (Å²) in [5.74, 6) is 0.506. The van der Waals surface area contributed by atoms with Crippen LogP contribution in [0.3, 0.4) is 0 Å². The van der Waals surface area contributed by atoms with E-state index in [4.69, 9.17) is 42.1 Å². The third-order valence-corrected chi connectivity index (χ3v) is 16.5. The fraction of sp³-hybridized carbons (Fsp3) is 0.286. The maximum Gasteiger partial charge on any atom is 0.247 e. The molecule has 22 heteroatoms. The molecule has 0 N–H and O–H groups in total. The lowest BCUT2D eigenvalue weighted by Crippen LogP contribution is -2.48. The number of aromatic nitrogens is 2. The van der Waals surface area contributed by atoms with Crippen LogP contribution in [0.4, 0.5) is 19.0 Å². The van der Waals surface area contributed by atoms with E-state index in [1.54, 1.807) is 36.4 Å². The molecular weight excluding hydrogens is 954 g/mol. The molecule has 4 heterocycles. The molecule has 64 heavy (non-hydrogen) atoms. The van der Waals surface area contributed by atoms with Gasteiger partial charge >= 0.3 is 0 Å². The van der Waals surface area contributed by atoms with Gasteiger partial charge in [-0.15, -0.1) is 22.7 Å². The molecule has 4 aromatic carbocycles. The van der Waals surface area contributed by atoms with Crippen LogP contribution in [-0.2, 0) is 20.0 Å². The quantitative estimate of drug-likeness (QED) is 0.116. The Morgan fingerprint density at radius 1 is 0.562 bits per heavy atom. The van der Waals surface area contributed by atoms with Crippen LogP contribution in [-0.4, -0.2) is 116 Å². The van der Waals surface area contributed by atoms with Crippen LogP contribution < -0.4 is 28.7 Å². The van der Waals surface area contributed by atoms with Gasteiger partial charge in [0, 0.05) is 91.4 Å². The van der Waals surface area contributed by atoms with Crippen LogP contribution in [0.5, 0.6) is 23.0 Å². The summed E-state index contributed by atoms with van der Waals surface area (Å²) in [4.78, 5) is 13.4. The first kappa shape index (κ1) is 47.2. The average Bonchev–Trinajstić information content (AvgIpc) is 4.01. The van der Waals surface area contributed by atoms with E-state index in [0.29, 0.717) is 91.4 Å². The Bertz CT molecular complexity index is 2820. The van der Waals surface area contributed by atoms with Gasteiger partial charge in [-0.05, 0) is 54.6 Å². The summed E-state index contributed by atoms with van der Waals surface area (Å²) in [7, 11) is -1.68. The predicted molar refractivity (Wildman–Crippen MR) is 246 cm³/mol. The molecule has 340 valence electrons. The van der Waals surface area contributed by atoms with Gasteiger partial charge in [0.15, 0.2) is 10.3 Å². The normalized spacial score (nSPS) is 15.1. The van der Waals surface area contributed by atoms with E-state index >= 15 is 0 Å². The van der Waals surface area contributed by atoms with Crippen molar-refractivity contribution >= 4 is 76.2 Å². The van der Waals surface area contributed by atoms with Gasteiger partial charge in [0.2, 0.25) is 20.0 Å². The zero-order valence-corrected chi connectivity index (χ0v) is 39.6. The highest BCUT2D eigenvalue weighted by molar-refractivity contribution is 7.89. The van der Waals surface area contributed by atoms with Crippen LogP contribution >= 0.6 is 45.9 Å². The first-order valence-electron chi connectivity index (χ1n) is 19.4. The molecule has 0 saturated carbocycles. The molecule has 14 nitrogen and oxygen atoms in total. The molecular formula is C42H42Cl2F2N6O8S4. The number of hydrogen-bond donors (Lipinski definition) is 0. The van der Waals surface area contributed by atoms with E-state index in [1.807, 2.05) is 20.6 Å². The number of methoxy groups -OCH3 is 4. The van der Waals surface area contributed by atoms with Crippen LogP contribution in [0.2, 0.25) is 10.0 Å². The molecule has 2 saturated heterocycles. The van der Waals surface area contributed by atoms with Crippen molar-refractivity contribution < 1.29 is 44.6 Å². The molecule has 2 aliphatic rings. The van der Waals surface area contributed by atoms with Gasteiger partial charge in [0.25, 0.3) is 0 Å². The standard InChI is InChI=1S/2C21H21ClFN3O4S2/c1-29-15-4-6-19(30-2)20(12-15)32(27,28)26-9-7-25(8-10-26)21-24-18(13-31-21)14-3-5-16(22)17(23)11-14;1-29-17-3-4-19(30-2)20(12-17)32(27,28)26-7-5-25(6-8-26)21-24-18(13-31-21)14-9-15(22)11-16(23)10-14/h3-6,11-13H,7-10H2,1-2H3;3-4,9-13H,5-8H2,1-2H3. The zero-order chi connectivity index (χ0) is 45.8. The van der Waals surface area contributed by atoms with E-state index in [2.05, 4.69) is 9.97 Å². The third-order valence-electron chi connectivity index (χ3n) is 10.4. The Labute approximate surface area is 388 Å². The minimum atomic E-state index is -3.76. The first-order valence-corrected chi connectivity index (χ1v) is 24.8. The molecule has 0 radical (unpaired) electrons.